The SMILES string of the molecule is Cc1ccc(NCN2C(=O)c3ccccc3C2=O)cc1[N+](=O)[O-]. The van der Waals surface area contributed by atoms with E-state index in [2.05, 4.69) is 5.32 Å². The Morgan fingerprint density at radius 3 is 2.26 bits per heavy atom. The van der Waals surface area contributed by atoms with E-state index in [4.69, 9.17) is 0 Å². The second-order valence-corrected chi connectivity index (χ2v) is 5.18. The van der Waals surface area contributed by atoms with Crippen LogP contribution < -0.4 is 5.32 Å². The van der Waals surface area contributed by atoms with Gasteiger partial charge in [-0.3, -0.25) is 24.6 Å². The third-order valence-electron chi connectivity index (χ3n) is 3.73. The Balaban J connectivity index is 1.78. The molecule has 0 unspecified atom stereocenters. The normalized spacial score (nSPS) is 13.2. The van der Waals surface area contributed by atoms with Gasteiger partial charge in [0.1, 0.15) is 0 Å². The number of amides is 2. The van der Waals surface area contributed by atoms with E-state index in [9.17, 15) is 19.7 Å². The van der Waals surface area contributed by atoms with E-state index in [0.29, 0.717) is 22.4 Å². The summed E-state index contributed by atoms with van der Waals surface area (Å²) < 4.78 is 0. The van der Waals surface area contributed by atoms with Crippen molar-refractivity contribution in [2.45, 2.75) is 6.92 Å². The number of rotatable bonds is 4. The first-order chi connectivity index (χ1) is 11.0. The molecule has 7 heteroatoms. The molecule has 23 heavy (non-hydrogen) atoms. The molecule has 0 bridgehead atoms. The first-order valence-electron chi connectivity index (χ1n) is 6.93. The minimum absolute atomic E-state index is 0.0163. The summed E-state index contributed by atoms with van der Waals surface area (Å²) in [5, 5.41) is 13.8. The van der Waals surface area contributed by atoms with Gasteiger partial charge in [-0.25, -0.2) is 0 Å². The largest absolute Gasteiger partial charge is 0.367 e. The summed E-state index contributed by atoms with van der Waals surface area (Å²) in [6.45, 7) is 1.60. The van der Waals surface area contributed by atoms with Gasteiger partial charge in [-0.2, -0.15) is 0 Å². The Labute approximate surface area is 131 Å². The number of carbonyl (C=O) groups excluding carboxylic acids is 2. The maximum atomic E-state index is 12.2. The molecule has 1 aliphatic rings. The number of nitro benzene ring substituents is 1. The predicted molar refractivity (Wildman–Crippen MR) is 83.3 cm³/mol. The zero-order chi connectivity index (χ0) is 16.6. The number of nitrogens with zero attached hydrogens (tertiary/aromatic N) is 2. The topological polar surface area (TPSA) is 92.6 Å². The number of hydrogen-bond acceptors (Lipinski definition) is 5. The first kappa shape index (κ1) is 14.7. The van der Waals surface area contributed by atoms with Crippen molar-refractivity contribution < 1.29 is 14.5 Å². The third kappa shape index (κ3) is 2.52. The molecule has 0 radical (unpaired) electrons. The number of nitro groups is 1. The van der Waals surface area contributed by atoms with Crippen LogP contribution in [0, 0.1) is 17.0 Å². The Morgan fingerprint density at radius 1 is 1.09 bits per heavy atom. The van der Waals surface area contributed by atoms with Crippen LogP contribution in [0.5, 0.6) is 0 Å². The van der Waals surface area contributed by atoms with Crippen molar-refractivity contribution in [2.75, 3.05) is 12.0 Å². The van der Waals surface area contributed by atoms with E-state index in [-0.39, 0.29) is 24.2 Å². The molecule has 0 aromatic heterocycles. The summed E-state index contributed by atoms with van der Waals surface area (Å²) in [6, 6.07) is 11.3. The molecule has 0 saturated heterocycles. The van der Waals surface area contributed by atoms with Crippen LogP contribution in [0.1, 0.15) is 26.3 Å². The molecule has 2 aromatic rings. The number of anilines is 1. The van der Waals surface area contributed by atoms with E-state index in [0.717, 1.165) is 4.90 Å². The quantitative estimate of drug-likeness (QED) is 0.532. The van der Waals surface area contributed by atoms with Gasteiger partial charge in [0.2, 0.25) is 0 Å². The van der Waals surface area contributed by atoms with Crippen molar-refractivity contribution in [1.29, 1.82) is 0 Å². The molecule has 0 fully saturated rings. The Hall–Kier alpha value is -3.22. The molecule has 1 aliphatic heterocycles. The fraction of sp³-hybridized carbons (Fsp3) is 0.125. The lowest BCUT2D eigenvalue weighted by atomic mass is 10.1. The fourth-order valence-corrected chi connectivity index (χ4v) is 2.47. The van der Waals surface area contributed by atoms with Gasteiger partial charge in [-0.15, -0.1) is 0 Å². The number of imide groups is 1. The zero-order valence-corrected chi connectivity index (χ0v) is 12.3. The summed E-state index contributed by atoms with van der Waals surface area (Å²) in [4.78, 5) is 36.0. The number of carbonyl (C=O) groups is 2. The van der Waals surface area contributed by atoms with Crippen molar-refractivity contribution in [3.05, 3.63) is 69.3 Å². The van der Waals surface area contributed by atoms with E-state index < -0.39 is 4.92 Å². The highest BCUT2D eigenvalue weighted by Crippen LogP contribution is 2.24. The average molecular weight is 311 g/mol. The lowest BCUT2D eigenvalue weighted by Crippen LogP contribution is -2.34. The van der Waals surface area contributed by atoms with Crippen LogP contribution in [0.4, 0.5) is 11.4 Å². The van der Waals surface area contributed by atoms with Gasteiger partial charge < -0.3 is 5.32 Å². The first-order valence-corrected chi connectivity index (χ1v) is 6.93. The van der Waals surface area contributed by atoms with Crippen molar-refractivity contribution in [1.82, 2.24) is 4.90 Å². The van der Waals surface area contributed by atoms with Gasteiger partial charge in [0.05, 0.1) is 22.7 Å². The van der Waals surface area contributed by atoms with Crippen LogP contribution in [0.15, 0.2) is 42.5 Å². The lowest BCUT2D eigenvalue weighted by Gasteiger charge is -2.15. The van der Waals surface area contributed by atoms with Crippen LogP contribution in [0.2, 0.25) is 0 Å². The van der Waals surface area contributed by atoms with Crippen molar-refractivity contribution >= 4 is 23.2 Å². The van der Waals surface area contributed by atoms with Gasteiger partial charge in [-0.05, 0) is 25.1 Å². The van der Waals surface area contributed by atoms with Gasteiger partial charge in [0.25, 0.3) is 17.5 Å². The summed E-state index contributed by atoms with van der Waals surface area (Å²) in [7, 11) is 0. The second-order valence-electron chi connectivity index (χ2n) is 5.18. The van der Waals surface area contributed by atoms with Gasteiger partial charge >= 0.3 is 0 Å². The summed E-state index contributed by atoms with van der Waals surface area (Å²) in [5.41, 5.74) is 1.74. The number of fused-ring (bicyclic) bond motifs is 1. The lowest BCUT2D eigenvalue weighted by molar-refractivity contribution is -0.385. The predicted octanol–water partition coefficient (Wildman–Crippen LogP) is 2.57. The Kier molecular flexibility index (Phi) is 3.53. The van der Waals surface area contributed by atoms with Gasteiger partial charge in [-0.1, -0.05) is 18.2 Å². The van der Waals surface area contributed by atoms with Crippen LogP contribution in [-0.4, -0.2) is 28.3 Å². The van der Waals surface area contributed by atoms with Gasteiger partial charge in [0, 0.05) is 17.3 Å². The number of hydrogen-bond donors (Lipinski definition) is 1. The van der Waals surface area contributed by atoms with E-state index in [1.54, 1.807) is 43.3 Å². The number of nitrogens with one attached hydrogen (secondary N) is 1. The molecule has 0 saturated carbocycles. The molecule has 7 nitrogen and oxygen atoms in total. The number of benzene rings is 2. The molecule has 0 spiro atoms. The molecular formula is C16H13N3O4. The number of aryl methyl sites for hydroxylation is 1. The third-order valence-corrected chi connectivity index (χ3v) is 3.73. The highest BCUT2D eigenvalue weighted by Gasteiger charge is 2.34. The van der Waals surface area contributed by atoms with Gasteiger partial charge in [0.15, 0.2) is 0 Å². The van der Waals surface area contributed by atoms with E-state index >= 15 is 0 Å². The molecule has 1 heterocycles. The maximum Gasteiger partial charge on any atom is 0.274 e. The highest BCUT2D eigenvalue weighted by atomic mass is 16.6. The van der Waals surface area contributed by atoms with E-state index in [1.807, 2.05) is 0 Å². The summed E-state index contributed by atoms with van der Waals surface area (Å²) in [6.07, 6.45) is 0. The minimum atomic E-state index is -0.470. The molecule has 0 aliphatic carbocycles. The van der Waals surface area contributed by atoms with E-state index in [1.165, 1.54) is 6.07 Å². The Morgan fingerprint density at radius 2 is 1.70 bits per heavy atom. The Bertz CT molecular complexity index is 797. The maximum absolute atomic E-state index is 12.2. The highest BCUT2D eigenvalue weighted by molar-refractivity contribution is 6.21. The summed E-state index contributed by atoms with van der Waals surface area (Å²) in [5.74, 6) is -0.751. The van der Waals surface area contributed by atoms with Crippen LogP contribution in [-0.2, 0) is 0 Å². The standard InChI is InChI=1S/C16H13N3O4/c1-10-6-7-11(8-14(10)19(22)23)17-9-18-15(20)12-4-2-3-5-13(12)16(18)21/h2-8,17H,9H2,1H3. The molecule has 116 valence electrons. The smallest absolute Gasteiger partial charge is 0.274 e. The minimum Gasteiger partial charge on any atom is -0.367 e. The molecule has 0 atom stereocenters. The second kappa shape index (κ2) is 5.53. The summed E-state index contributed by atoms with van der Waals surface area (Å²) >= 11 is 0. The van der Waals surface area contributed by atoms with Crippen molar-refractivity contribution in [3.63, 3.8) is 0 Å². The molecule has 3 rings (SSSR count). The van der Waals surface area contributed by atoms with Crippen LogP contribution >= 0.6 is 0 Å². The average Bonchev–Trinajstić information content (AvgIpc) is 2.78. The van der Waals surface area contributed by atoms with Crippen LogP contribution in [0.3, 0.4) is 0 Å². The van der Waals surface area contributed by atoms with Crippen LogP contribution in [0.25, 0.3) is 0 Å². The molecule has 1 N–H and O–H groups in total. The van der Waals surface area contributed by atoms with Crippen molar-refractivity contribution in [3.8, 4) is 0 Å². The molecule has 2 amide bonds. The molecular weight excluding hydrogens is 298 g/mol. The monoisotopic (exact) mass is 311 g/mol. The zero-order valence-electron chi connectivity index (χ0n) is 12.3. The van der Waals surface area contributed by atoms with Crippen molar-refractivity contribution in [2.24, 2.45) is 0 Å². The molecule has 2 aromatic carbocycles. The fourth-order valence-electron chi connectivity index (χ4n) is 2.47.